The van der Waals surface area contributed by atoms with Gasteiger partial charge in [0.1, 0.15) is 5.71 Å². The van der Waals surface area contributed by atoms with Crippen LogP contribution in [0.4, 0.5) is 0 Å². The standard InChI is InChI=1S/C17H22N4O3/c1-12(2)16(23)21-7-5-17(11-21)8-14(20-24-17)15(22)19-10-13-4-3-6-18-9-13/h3-4,6,9,12H,5,7-8,10-11H2,1-2H3,(H,19,22)/t17-/m1/s1. The first kappa shape index (κ1) is 16.4. The Bertz CT molecular complexity index is 659. The van der Waals surface area contributed by atoms with Crippen molar-refractivity contribution in [2.24, 2.45) is 11.1 Å². The molecule has 1 spiro atoms. The molecule has 1 fully saturated rings. The smallest absolute Gasteiger partial charge is 0.269 e. The van der Waals surface area contributed by atoms with Gasteiger partial charge in [-0.15, -0.1) is 0 Å². The molecule has 0 unspecified atom stereocenters. The molecule has 3 heterocycles. The zero-order valence-electron chi connectivity index (χ0n) is 14.0. The van der Waals surface area contributed by atoms with Crippen LogP contribution in [0.15, 0.2) is 29.7 Å². The number of aromatic nitrogens is 1. The molecule has 2 amide bonds. The number of carbonyl (C=O) groups excluding carboxylic acids is 2. The fraction of sp³-hybridized carbons (Fsp3) is 0.529. The van der Waals surface area contributed by atoms with Gasteiger partial charge in [0.2, 0.25) is 5.91 Å². The van der Waals surface area contributed by atoms with Crippen molar-refractivity contribution < 1.29 is 14.4 Å². The summed E-state index contributed by atoms with van der Waals surface area (Å²) >= 11 is 0. The molecular weight excluding hydrogens is 308 g/mol. The Hall–Kier alpha value is -2.44. The van der Waals surface area contributed by atoms with Crippen molar-refractivity contribution in [1.29, 1.82) is 0 Å². The monoisotopic (exact) mass is 330 g/mol. The molecule has 1 atom stereocenters. The fourth-order valence-corrected chi connectivity index (χ4v) is 3.05. The van der Waals surface area contributed by atoms with Gasteiger partial charge in [0.15, 0.2) is 5.60 Å². The number of oxime groups is 1. The van der Waals surface area contributed by atoms with Crippen LogP contribution < -0.4 is 5.32 Å². The first-order valence-electron chi connectivity index (χ1n) is 8.20. The van der Waals surface area contributed by atoms with Crippen molar-refractivity contribution >= 4 is 17.5 Å². The fourth-order valence-electron chi connectivity index (χ4n) is 3.05. The molecule has 2 aliphatic rings. The van der Waals surface area contributed by atoms with Gasteiger partial charge in [-0.1, -0.05) is 25.1 Å². The summed E-state index contributed by atoms with van der Waals surface area (Å²) in [5, 5.41) is 6.80. The van der Waals surface area contributed by atoms with Gasteiger partial charge >= 0.3 is 0 Å². The summed E-state index contributed by atoms with van der Waals surface area (Å²) in [6.07, 6.45) is 4.54. The Balaban J connectivity index is 1.53. The highest BCUT2D eigenvalue weighted by Crippen LogP contribution is 2.34. The maximum atomic E-state index is 12.3. The maximum absolute atomic E-state index is 12.3. The van der Waals surface area contributed by atoms with E-state index in [1.807, 2.05) is 26.0 Å². The molecule has 0 bridgehead atoms. The Labute approximate surface area is 141 Å². The summed E-state index contributed by atoms with van der Waals surface area (Å²) in [6.45, 7) is 5.31. The molecular formula is C17H22N4O3. The zero-order chi connectivity index (χ0) is 17.2. The second-order valence-corrected chi connectivity index (χ2v) is 6.70. The van der Waals surface area contributed by atoms with E-state index in [1.165, 1.54) is 0 Å². The molecule has 7 heteroatoms. The minimum absolute atomic E-state index is 0.0373. The van der Waals surface area contributed by atoms with E-state index in [-0.39, 0.29) is 17.7 Å². The van der Waals surface area contributed by atoms with Crippen molar-refractivity contribution in [2.75, 3.05) is 13.1 Å². The number of carbonyl (C=O) groups is 2. The first-order valence-corrected chi connectivity index (χ1v) is 8.20. The zero-order valence-corrected chi connectivity index (χ0v) is 14.0. The number of hydrogen-bond donors (Lipinski definition) is 1. The van der Waals surface area contributed by atoms with E-state index in [1.54, 1.807) is 17.3 Å². The first-order chi connectivity index (χ1) is 11.5. The Kier molecular flexibility index (Phi) is 4.51. The topological polar surface area (TPSA) is 83.9 Å². The highest BCUT2D eigenvalue weighted by Gasteiger charge is 2.48. The molecule has 1 aromatic heterocycles. The average Bonchev–Trinajstić information content (AvgIpc) is 3.20. The number of rotatable bonds is 4. The van der Waals surface area contributed by atoms with Crippen LogP contribution in [0.2, 0.25) is 0 Å². The molecule has 7 nitrogen and oxygen atoms in total. The summed E-state index contributed by atoms with van der Waals surface area (Å²) in [7, 11) is 0. The molecule has 128 valence electrons. The molecule has 24 heavy (non-hydrogen) atoms. The number of likely N-dealkylation sites (tertiary alicyclic amines) is 1. The van der Waals surface area contributed by atoms with Crippen molar-refractivity contribution in [1.82, 2.24) is 15.2 Å². The number of hydrogen-bond acceptors (Lipinski definition) is 5. The highest BCUT2D eigenvalue weighted by atomic mass is 16.7. The van der Waals surface area contributed by atoms with Gasteiger partial charge in [-0.2, -0.15) is 0 Å². The van der Waals surface area contributed by atoms with Gasteiger partial charge in [0.25, 0.3) is 5.91 Å². The number of nitrogens with one attached hydrogen (secondary N) is 1. The molecule has 0 aromatic carbocycles. The van der Waals surface area contributed by atoms with Crippen molar-refractivity contribution in [3.63, 3.8) is 0 Å². The van der Waals surface area contributed by atoms with Gasteiger partial charge in [0.05, 0.1) is 6.54 Å². The van der Waals surface area contributed by atoms with Crippen LogP contribution in [0.3, 0.4) is 0 Å². The Morgan fingerprint density at radius 3 is 3.00 bits per heavy atom. The third-order valence-electron chi connectivity index (χ3n) is 4.40. The largest absolute Gasteiger partial charge is 0.386 e. The van der Waals surface area contributed by atoms with E-state index < -0.39 is 5.60 Å². The molecule has 1 saturated heterocycles. The quantitative estimate of drug-likeness (QED) is 0.896. The molecule has 0 radical (unpaired) electrons. The minimum Gasteiger partial charge on any atom is -0.386 e. The lowest BCUT2D eigenvalue weighted by atomic mass is 9.96. The number of pyridine rings is 1. The summed E-state index contributed by atoms with van der Waals surface area (Å²) in [5.41, 5.74) is 0.776. The third kappa shape index (κ3) is 3.39. The summed E-state index contributed by atoms with van der Waals surface area (Å²) in [4.78, 5) is 35.8. The lowest BCUT2D eigenvalue weighted by Gasteiger charge is -2.22. The van der Waals surface area contributed by atoms with E-state index in [9.17, 15) is 9.59 Å². The predicted octanol–water partition coefficient (Wildman–Crippen LogP) is 1.10. The van der Waals surface area contributed by atoms with Crippen LogP contribution in [-0.2, 0) is 21.0 Å². The van der Waals surface area contributed by atoms with Crippen molar-refractivity contribution in [3.8, 4) is 0 Å². The average molecular weight is 330 g/mol. The van der Waals surface area contributed by atoms with Gasteiger partial charge in [0, 0.05) is 44.2 Å². The molecule has 1 aromatic rings. The molecule has 0 saturated carbocycles. The molecule has 0 aliphatic carbocycles. The molecule has 3 rings (SSSR count). The van der Waals surface area contributed by atoms with E-state index in [0.29, 0.717) is 38.2 Å². The second kappa shape index (κ2) is 6.59. The predicted molar refractivity (Wildman–Crippen MR) is 88.0 cm³/mol. The maximum Gasteiger partial charge on any atom is 0.269 e. The van der Waals surface area contributed by atoms with Gasteiger partial charge in [-0.25, -0.2) is 0 Å². The van der Waals surface area contributed by atoms with Crippen molar-refractivity contribution in [2.45, 2.75) is 38.8 Å². The Morgan fingerprint density at radius 1 is 1.46 bits per heavy atom. The lowest BCUT2D eigenvalue weighted by molar-refractivity contribution is -0.134. The molecule has 1 N–H and O–H groups in total. The van der Waals surface area contributed by atoms with Crippen LogP contribution in [0.5, 0.6) is 0 Å². The minimum atomic E-state index is -0.536. The van der Waals surface area contributed by atoms with Crippen LogP contribution in [0.1, 0.15) is 32.3 Å². The SMILES string of the molecule is CC(C)C(=O)N1CC[C@@]2(CC(C(=O)NCc3cccnc3)=NO2)C1. The summed E-state index contributed by atoms with van der Waals surface area (Å²) in [5.74, 6) is -0.154. The van der Waals surface area contributed by atoms with E-state index in [4.69, 9.17) is 4.84 Å². The van der Waals surface area contributed by atoms with Crippen molar-refractivity contribution in [3.05, 3.63) is 30.1 Å². The third-order valence-corrected chi connectivity index (χ3v) is 4.40. The van der Waals surface area contributed by atoms with Crippen LogP contribution in [0, 0.1) is 5.92 Å². The van der Waals surface area contributed by atoms with E-state index in [0.717, 1.165) is 5.56 Å². The van der Waals surface area contributed by atoms with Gasteiger partial charge in [-0.3, -0.25) is 14.6 Å². The van der Waals surface area contributed by atoms with E-state index in [2.05, 4.69) is 15.5 Å². The van der Waals surface area contributed by atoms with E-state index >= 15 is 0 Å². The number of amides is 2. The van der Waals surface area contributed by atoms with Crippen LogP contribution >= 0.6 is 0 Å². The van der Waals surface area contributed by atoms with Gasteiger partial charge < -0.3 is 15.1 Å². The molecule has 2 aliphatic heterocycles. The van der Waals surface area contributed by atoms with Crippen LogP contribution in [0.25, 0.3) is 0 Å². The number of nitrogens with zero attached hydrogens (tertiary/aromatic N) is 3. The lowest BCUT2D eigenvalue weighted by Crippen LogP contribution is -2.39. The second-order valence-electron chi connectivity index (χ2n) is 6.70. The van der Waals surface area contributed by atoms with Crippen LogP contribution in [-0.4, -0.2) is 46.1 Å². The van der Waals surface area contributed by atoms with Gasteiger partial charge in [-0.05, 0) is 11.6 Å². The normalized spacial score (nSPS) is 22.6. The highest BCUT2D eigenvalue weighted by molar-refractivity contribution is 6.39. The summed E-state index contributed by atoms with van der Waals surface area (Å²) < 4.78 is 0. The summed E-state index contributed by atoms with van der Waals surface area (Å²) in [6, 6.07) is 3.72. The Morgan fingerprint density at radius 2 is 2.29 bits per heavy atom.